The molecule has 5 nitrogen and oxygen atoms in total. The lowest BCUT2D eigenvalue weighted by molar-refractivity contribution is 0.275. The van der Waals surface area contributed by atoms with Gasteiger partial charge in [-0.05, 0) is 28.0 Å². The van der Waals surface area contributed by atoms with E-state index in [1.807, 2.05) is 6.07 Å². The highest BCUT2D eigenvalue weighted by Gasteiger charge is 2.20. The van der Waals surface area contributed by atoms with E-state index < -0.39 is 7.82 Å². The van der Waals surface area contributed by atoms with Gasteiger partial charge in [0.05, 0.1) is 0 Å². The molecule has 0 amide bonds. The second-order valence-electron chi connectivity index (χ2n) is 6.82. The molecule has 1 aromatic rings. The highest BCUT2D eigenvalue weighted by molar-refractivity contribution is 7.45. The van der Waals surface area contributed by atoms with Crippen LogP contribution in [0.2, 0.25) is 0 Å². The molecule has 0 saturated heterocycles. The number of hydrogen-bond donors (Lipinski definition) is 4. The van der Waals surface area contributed by atoms with E-state index in [2.05, 4.69) is 53.7 Å². The van der Waals surface area contributed by atoms with Crippen LogP contribution in [-0.2, 0) is 15.4 Å². The van der Waals surface area contributed by atoms with Crippen LogP contribution < -0.4 is 5.73 Å². The van der Waals surface area contributed by atoms with Crippen LogP contribution in [0, 0.1) is 0 Å². The zero-order chi connectivity index (χ0) is 16.4. The fraction of sp³-hybridized carbons (Fsp3) is 0.571. The molecule has 20 heavy (non-hydrogen) atoms. The molecule has 0 spiro atoms. The summed E-state index contributed by atoms with van der Waals surface area (Å²) in [7, 11) is -4.64. The van der Waals surface area contributed by atoms with Crippen molar-refractivity contribution >= 4 is 13.5 Å². The second-order valence-corrected chi connectivity index (χ2v) is 7.84. The number of anilines is 1. The van der Waals surface area contributed by atoms with Gasteiger partial charge in [-0.3, -0.25) is 0 Å². The van der Waals surface area contributed by atoms with Crippen molar-refractivity contribution in [3.05, 3.63) is 29.3 Å². The van der Waals surface area contributed by atoms with E-state index in [1.165, 1.54) is 11.1 Å². The maximum absolute atomic E-state index is 8.88. The largest absolute Gasteiger partial charge is 0.466 e. The average Bonchev–Trinajstić information content (AvgIpc) is 2.11. The Morgan fingerprint density at radius 3 is 1.65 bits per heavy atom. The predicted octanol–water partition coefficient (Wildman–Crippen LogP) is 2.94. The number of nitrogens with two attached hydrogens (primary N) is 1. The van der Waals surface area contributed by atoms with Crippen LogP contribution in [0.1, 0.15) is 52.7 Å². The first-order valence-electron chi connectivity index (χ1n) is 6.31. The molecule has 0 aliphatic carbocycles. The first-order valence-corrected chi connectivity index (χ1v) is 7.87. The average molecular weight is 303 g/mol. The molecule has 0 aliphatic rings. The zero-order valence-electron chi connectivity index (χ0n) is 13.0. The Bertz CT molecular complexity index is 487. The number of phosphoric acid groups is 1. The molecule has 1 rings (SSSR count). The lowest BCUT2D eigenvalue weighted by Crippen LogP contribution is -2.17. The Kier molecular flexibility index (Phi) is 6.00. The van der Waals surface area contributed by atoms with Crippen LogP contribution >= 0.6 is 7.82 Å². The Labute approximate surface area is 121 Å². The number of rotatable bonds is 0. The summed E-state index contributed by atoms with van der Waals surface area (Å²) in [6.07, 6.45) is 0. The molecule has 0 radical (unpaired) electrons. The van der Waals surface area contributed by atoms with E-state index in [0.29, 0.717) is 0 Å². The number of benzene rings is 1. The molecule has 116 valence electrons. The van der Waals surface area contributed by atoms with E-state index in [9.17, 15) is 0 Å². The molecule has 0 aromatic heterocycles. The van der Waals surface area contributed by atoms with Crippen molar-refractivity contribution in [2.45, 2.75) is 52.4 Å². The molecule has 0 atom stereocenters. The lowest BCUT2D eigenvalue weighted by atomic mass is 9.80. The van der Waals surface area contributed by atoms with Crippen molar-refractivity contribution in [2.75, 3.05) is 5.73 Å². The van der Waals surface area contributed by atoms with Gasteiger partial charge < -0.3 is 20.4 Å². The topological polar surface area (TPSA) is 104 Å². The molecule has 0 aliphatic heterocycles. The minimum absolute atomic E-state index is 0.116. The van der Waals surface area contributed by atoms with Gasteiger partial charge in [-0.15, -0.1) is 0 Å². The smallest absolute Gasteiger partial charge is 0.398 e. The lowest BCUT2D eigenvalue weighted by Gasteiger charge is -2.26. The standard InChI is InChI=1S/C14H23N.H3O4P/c1-13(2,3)10-7-8-12(15)11(9-10)14(4,5)6;1-5(2,3)4/h7-9H,15H2,1-6H3;(H3,1,2,3,4). The highest BCUT2D eigenvalue weighted by atomic mass is 31.2. The summed E-state index contributed by atoms with van der Waals surface area (Å²) >= 11 is 0. The van der Waals surface area contributed by atoms with E-state index in [0.717, 1.165) is 5.69 Å². The number of hydrogen-bond acceptors (Lipinski definition) is 2. The molecule has 0 unspecified atom stereocenters. The summed E-state index contributed by atoms with van der Waals surface area (Å²) in [5, 5.41) is 0. The van der Waals surface area contributed by atoms with Crippen molar-refractivity contribution < 1.29 is 19.2 Å². The summed E-state index contributed by atoms with van der Waals surface area (Å²) in [6, 6.07) is 6.40. The van der Waals surface area contributed by atoms with Gasteiger partial charge in [0.15, 0.2) is 0 Å². The van der Waals surface area contributed by atoms with E-state index in [1.54, 1.807) is 0 Å². The third-order valence-corrected chi connectivity index (χ3v) is 2.73. The minimum atomic E-state index is -4.64. The van der Waals surface area contributed by atoms with E-state index in [-0.39, 0.29) is 10.8 Å². The van der Waals surface area contributed by atoms with Crippen LogP contribution in [0.3, 0.4) is 0 Å². The number of nitrogen functional groups attached to an aromatic ring is 1. The first-order chi connectivity index (χ1) is 8.62. The van der Waals surface area contributed by atoms with E-state index >= 15 is 0 Å². The third-order valence-electron chi connectivity index (χ3n) is 2.73. The van der Waals surface area contributed by atoms with Crippen LogP contribution in [0.4, 0.5) is 5.69 Å². The van der Waals surface area contributed by atoms with E-state index in [4.69, 9.17) is 25.0 Å². The zero-order valence-corrected chi connectivity index (χ0v) is 13.9. The summed E-state index contributed by atoms with van der Waals surface area (Å²) in [6.45, 7) is 13.3. The van der Waals surface area contributed by atoms with Crippen molar-refractivity contribution in [1.29, 1.82) is 0 Å². The van der Waals surface area contributed by atoms with Gasteiger partial charge in [0.25, 0.3) is 0 Å². The maximum Gasteiger partial charge on any atom is 0.466 e. The monoisotopic (exact) mass is 303 g/mol. The molecule has 0 fully saturated rings. The molecule has 6 heteroatoms. The third kappa shape index (κ3) is 7.65. The van der Waals surface area contributed by atoms with Gasteiger partial charge in [-0.2, -0.15) is 0 Å². The summed E-state index contributed by atoms with van der Waals surface area (Å²) < 4.78 is 8.88. The normalized spacial score (nSPS) is 12.7. The van der Waals surface area contributed by atoms with Crippen molar-refractivity contribution in [3.63, 3.8) is 0 Å². The fourth-order valence-electron chi connectivity index (χ4n) is 1.67. The van der Waals surface area contributed by atoms with Gasteiger partial charge in [-0.25, -0.2) is 4.57 Å². The van der Waals surface area contributed by atoms with Crippen molar-refractivity contribution in [2.24, 2.45) is 0 Å². The Morgan fingerprint density at radius 1 is 0.950 bits per heavy atom. The first kappa shape index (κ1) is 19.1. The highest BCUT2D eigenvalue weighted by Crippen LogP contribution is 2.32. The Morgan fingerprint density at radius 2 is 1.35 bits per heavy atom. The molecular weight excluding hydrogens is 277 g/mol. The quantitative estimate of drug-likeness (QED) is 0.436. The SMILES string of the molecule is CC(C)(C)c1ccc(N)c(C(C)(C)C)c1.O=P(O)(O)O. The molecular formula is C14H26NO4P. The second kappa shape index (κ2) is 6.27. The Hall–Kier alpha value is -0.870. The molecule has 0 heterocycles. The summed E-state index contributed by atoms with van der Waals surface area (Å²) in [5.74, 6) is 0. The molecule has 0 bridgehead atoms. The summed E-state index contributed by atoms with van der Waals surface area (Å²) in [5.41, 5.74) is 9.82. The Balaban J connectivity index is 0.000000621. The summed E-state index contributed by atoms with van der Waals surface area (Å²) in [4.78, 5) is 21.6. The van der Waals surface area contributed by atoms with Crippen LogP contribution in [-0.4, -0.2) is 14.7 Å². The maximum atomic E-state index is 8.88. The van der Waals surface area contributed by atoms with Gasteiger partial charge in [0, 0.05) is 5.69 Å². The van der Waals surface area contributed by atoms with Gasteiger partial charge >= 0.3 is 7.82 Å². The van der Waals surface area contributed by atoms with Crippen LogP contribution in [0.5, 0.6) is 0 Å². The molecule has 0 saturated carbocycles. The van der Waals surface area contributed by atoms with Crippen molar-refractivity contribution in [3.8, 4) is 0 Å². The van der Waals surface area contributed by atoms with Gasteiger partial charge in [0.2, 0.25) is 0 Å². The van der Waals surface area contributed by atoms with Gasteiger partial charge in [0.1, 0.15) is 0 Å². The predicted molar refractivity (Wildman–Crippen MR) is 82.5 cm³/mol. The molecule has 1 aromatic carbocycles. The minimum Gasteiger partial charge on any atom is -0.398 e. The van der Waals surface area contributed by atoms with Gasteiger partial charge in [-0.1, -0.05) is 53.7 Å². The fourth-order valence-corrected chi connectivity index (χ4v) is 1.67. The van der Waals surface area contributed by atoms with Crippen LogP contribution in [0.25, 0.3) is 0 Å². The van der Waals surface area contributed by atoms with Crippen molar-refractivity contribution in [1.82, 2.24) is 0 Å². The molecule has 5 N–H and O–H groups in total. The van der Waals surface area contributed by atoms with Crippen LogP contribution in [0.15, 0.2) is 18.2 Å².